The van der Waals surface area contributed by atoms with Crippen LogP contribution in [0.1, 0.15) is 41.4 Å². The predicted molar refractivity (Wildman–Crippen MR) is 101 cm³/mol. The second-order valence-corrected chi connectivity index (χ2v) is 8.11. The summed E-state index contributed by atoms with van der Waals surface area (Å²) in [6.45, 7) is 5.65. The summed E-state index contributed by atoms with van der Waals surface area (Å²) in [4.78, 5) is 20.7. The van der Waals surface area contributed by atoms with Gasteiger partial charge < -0.3 is 15.1 Å². The molecule has 3 rings (SSSR count). The number of aliphatic hydroxyl groups is 1. The Morgan fingerprint density at radius 1 is 1.36 bits per heavy atom. The Kier molecular flexibility index (Phi) is 5.11. The summed E-state index contributed by atoms with van der Waals surface area (Å²) in [5, 5.41) is 19.5. The second kappa shape index (κ2) is 7.14. The van der Waals surface area contributed by atoms with E-state index in [1.165, 1.54) is 4.88 Å². The third-order valence-corrected chi connectivity index (χ3v) is 6.17. The second-order valence-electron chi connectivity index (χ2n) is 6.82. The Morgan fingerprint density at radius 2 is 2.16 bits per heavy atom. The largest absolute Gasteiger partial charge is 0.478 e. The summed E-state index contributed by atoms with van der Waals surface area (Å²) in [5.41, 5.74) is 0.849. The van der Waals surface area contributed by atoms with Gasteiger partial charge in [0, 0.05) is 23.4 Å². The van der Waals surface area contributed by atoms with Crippen LogP contribution < -0.4 is 4.90 Å². The van der Waals surface area contributed by atoms with Crippen molar-refractivity contribution in [1.29, 1.82) is 0 Å². The van der Waals surface area contributed by atoms with E-state index in [2.05, 4.69) is 6.92 Å². The molecular weight excluding hydrogens is 336 g/mol. The zero-order valence-corrected chi connectivity index (χ0v) is 15.5. The van der Waals surface area contributed by atoms with Crippen LogP contribution in [-0.2, 0) is 0 Å². The van der Waals surface area contributed by atoms with Crippen LogP contribution in [0.5, 0.6) is 0 Å². The van der Waals surface area contributed by atoms with E-state index in [1.807, 2.05) is 24.0 Å². The van der Waals surface area contributed by atoms with Crippen molar-refractivity contribution in [2.24, 2.45) is 5.41 Å². The minimum absolute atomic E-state index is 0.117. The summed E-state index contributed by atoms with van der Waals surface area (Å²) >= 11 is 1.65. The Hall–Kier alpha value is -1.92. The number of carboxylic acids is 1. The monoisotopic (exact) mass is 360 g/mol. The molecule has 1 fully saturated rings. The number of hydrogen-bond acceptors (Lipinski definition) is 5. The van der Waals surface area contributed by atoms with Crippen LogP contribution in [0.25, 0.3) is 10.6 Å². The van der Waals surface area contributed by atoms with Crippen molar-refractivity contribution in [2.45, 2.75) is 33.1 Å². The molecule has 0 spiro atoms. The van der Waals surface area contributed by atoms with Crippen LogP contribution in [-0.4, -0.2) is 40.9 Å². The summed E-state index contributed by atoms with van der Waals surface area (Å²) in [7, 11) is 0. The molecule has 0 saturated carbocycles. The molecule has 1 atom stereocenters. The number of aromatic nitrogens is 1. The van der Waals surface area contributed by atoms with Crippen LogP contribution in [0, 0.1) is 12.3 Å². The topological polar surface area (TPSA) is 73.7 Å². The van der Waals surface area contributed by atoms with Crippen LogP contribution in [0.2, 0.25) is 0 Å². The third-order valence-electron chi connectivity index (χ3n) is 5.14. The van der Waals surface area contributed by atoms with E-state index < -0.39 is 5.97 Å². The van der Waals surface area contributed by atoms with E-state index in [0.29, 0.717) is 12.4 Å². The first-order valence-electron chi connectivity index (χ1n) is 8.65. The van der Waals surface area contributed by atoms with Gasteiger partial charge in [0.25, 0.3) is 0 Å². The lowest BCUT2D eigenvalue weighted by molar-refractivity contribution is 0.0696. The molecule has 2 aromatic rings. The zero-order chi connectivity index (χ0) is 18.0. The highest BCUT2D eigenvalue weighted by Crippen LogP contribution is 2.36. The Labute approximate surface area is 152 Å². The number of aliphatic hydroxyl groups excluding tert-OH is 1. The molecule has 6 heteroatoms. The van der Waals surface area contributed by atoms with E-state index in [4.69, 9.17) is 4.98 Å². The maximum Gasteiger partial charge on any atom is 0.339 e. The number of thiophene rings is 1. The predicted octanol–water partition coefficient (Wildman–Crippen LogP) is 3.81. The zero-order valence-electron chi connectivity index (χ0n) is 14.7. The number of aryl methyl sites for hydroxylation is 1. The van der Waals surface area contributed by atoms with Gasteiger partial charge >= 0.3 is 5.97 Å². The first-order chi connectivity index (χ1) is 12.0. The van der Waals surface area contributed by atoms with Crippen molar-refractivity contribution in [3.63, 3.8) is 0 Å². The highest BCUT2D eigenvalue weighted by atomic mass is 32.1. The number of nitrogens with zero attached hydrogens (tertiary/aromatic N) is 2. The summed E-state index contributed by atoms with van der Waals surface area (Å²) in [6, 6.07) is 7.49. The number of aromatic carboxylic acids is 1. The molecule has 0 aliphatic carbocycles. The van der Waals surface area contributed by atoms with Crippen LogP contribution in [0.3, 0.4) is 0 Å². The first-order valence-corrected chi connectivity index (χ1v) is 9.46. The maximum absolute atomic E-state index is 11.7. The van der Waals surface area contributed by atoms with Crippen molar-refractivity contribution in [3.8, 4) is 10.6 Å². The number of carbonyl (C=O) groups is 1. The Balaban J connectivity index is 2.02. The summed E-state index contributed by atoms with van der Waals surface area (Å²) in [6.07, 6.45) is 2.76. The van der Waals surface area contributed by atoms with Gasteiger partial charge in [-0.2, -0.15) is 0 Å². The van der Waals surface area contributed by atoms with Gasteiger partial charge in [-0.1, -0.05) is 6.92 Å². The van der Waals surface area contributed by atoms with Crippen LogP contribution in [0.15, 0.2) is 24.3 Å². The summed E-state index contributed by atoms with van der Waals surface area (Å²) < 4.78 is 0. The molecule has 0 unspecified atom stereocenters. The molecule has 0 aromatic carbocycles. The molecule has 1 aliphatic heterocycles. The van der Waals surface area contributed by atoms with E-state index >= 15 is 0 Å². The van der Waals surface area contributed by atoms with Gasteiger partial charge in [0.15, 0.2) is 0 Å². The smallest absolute Gasteiger partial charge is 0.339 e. The van der Waals surface area contributed by atoms with Gasteiger partial charge in [0.05, 0.1) is 17.2 Å². The SMILES string of the molecule is CC[C@@]1(CO)CCCN(c2nc(-c3ccc(C)s3)ccc2C(=O)O)C1. The standard InChI is InChI=1S/C19H24N2O3S/c1-3-19(12-22)9-4-10-21(11-19)17-14(18(23)24)6-7-15(20-17)16-8-5-13(2)25-16/h5-8,22H,3-4,9-12H2,1-2H3,(H,23,24)/t19-/m1/s1. The van der Waals surface area contributed by atoms with E-state index in [-0.39, 0.29) is 17.6 Å². The Morgan fingerprint density at radius 3 is 2.76 bits per heavy atom. The molecule has 2 aromatic heterocycles. The molecule has 0 amide bonds. The Bertz CT molecular complexity index is 768. The van der Waals surface area contributed by atoms with Crippen molar-refractivity contribution < 1.29 is 15.0 Å². The van der Waals surface area contributed by atoms with Gasteiger partial charge in [0.2, 0.25) is 0 Å². The first kappa shape index (κ1) is 17.9. The highest BCUT2D eigenvalue weighted by Gasteiger charge is 2.35. The van der Waals surface area contributed by atoms with E-state index in [1.54, 1.807) is 23.5 Å². The molecule has 0 bridgehead atoms. The average molecular weight is 360 g/mol. The maximum atomic E-state index is 11.7. The molecule has 5 nitrogen and oxygen atoms in total. The van der Waals surface area contributed by atoms with Crippen molar-refractivity contribution >= 4 is 23.1 Å². The lowest BCUT2D eigenvalue weighted by Gasteiger charge is -2.42. The third kappa shape index (κ3) is 3.55. The number of hydrogen-bond donors (Lipinski definition) is 2. The fourth-order valence-corrected chi connectivity index (χ4v) is 4.32. The molecule has 134 valence electrons. The van der Waals surface area contributed by atoms with Gasteiger partial charge in [-0.25, -0.2) is 9.78 Å². The van der Waals surface area contributed by atoms with E-state index in [9.17, 15) is 15.0 Å². The number of anilines is 1. The highest BCUT2D eigenvalue weighted by molar-refractivity contribution is 7.15. The normalized spacial score (nSPS) is 20.7. The fraction of sp³-hybridized carbons (Fsp3) is 0.474. The number of carboxylic acid groups (broad SMARTS) is 1. The van der Waals surface area contributed by atoms with Gasteiger partial charge in [0.1, 0.15) is 11.4 Å². The van der Waals surface area contributed by atoms with E-state index in [0.717, 1.165) is 36.4 Å². The lowest BCUT2D eigenvalue weighted by Crippen LogP contribution is -2.46. The quantitative estimate of drug-likeness (QED) is 0.848. The lowest BCUT2D eigenvalue weighted by atomic mass is 9.78. The number of rotatable bonds is 5. The van der Waals surface area contributed by atoms with Gasteiger partial charge in [-0.05, 0) is 50.5 Å². The summed E-state index contributed by atoms with van der Waals surface area (Å²) in [5.74, 6) is -0.449. The van der Waals surface area contributed by atoms with Crippen LogP contribution >= 0.6 is 11.3 Å². The van der Waals surface area contributed by atoms with Gasteiger partial charge in [-0.3, -0.25) is 0 Å². The molecule has 2 N–H and O–H groups in total. The van der Waals surface area contributed by atoms with Crippen LogP contribution in [0.4, 0.5) is 5.82 Å². The molecule has 1 saturated heterocycles. The minimum Gasteiger partial charge on any atom is -0.478 e. The molecule has 0 radical (unpaired) electrons. The van der Waals surface area contributed by atoms with Crippen molar-refractivity contribution in [3.05, 3.63) is 34.7 Å². The molecular formula is C19H24N2O3S. The molecule has 3 heterocycles. The molecule has 1 aliphatic rings. The van der Waals surface area contributed by atoms with Crippen molar-refractivity contribution in [2.75, 3.05) is 24.6 Å². The number of piperidine rings is 1. The minimum atomic E-state index is -0.965. The van der Waals surface area contributed by atoms with Gasteiger partial charge in [-0.15, -0.1) is 11.3 Å². The molecule has 25 heavy (non-hydrogen) atoms. The average Bonchev–Trinajstić information content (AvgIpc) is 3.07. The number of pyridine rings is 1. The van der Waals surface area contributed by atoms with Crippen molar-refractivity contribution in [1.82, 2.24) is 4.98 Å². The fourth-order valence-electron chi connectivity index (χ4n) is 3.48.